The van der Waals surface area contributed by atoms with Crippen LogP contribution in [0.15, 0.2) is 11.8 Å². The van der Waals surface area contributed by atoms with Crippen LogP contribution in [0.25, 0.3) is 0 Å². The highest BCUT2D eigenvalue weighted by Gasteiger charge is 1.91. The lowest BCUT2D eigenvalue weighted by Crippen LogP contribution is -1.88. The molecule has 64 valence electrons. The van der Waals surface area contributed by atoms with Crippen molar-refractivity contribution in [2.24, 2.45) is 0 Å². The number of hydrogen-bond donors (Lipinski definition) is 0. The highest BCUT2D eigenvalue weighted by atomic mass is 16.5. The Hall–Kier alpha value is -0.790. The Morgan fingerprint density at radius 3 is 2.55 bits per heavy atom. The Morgan fingerprint density at radius 2 is 2.09 bits per heavy atom. The van der Waals surface area contributed by atoms with Crippen molar-refractivity contribution in [2.45, 2.75) is 33.1 Å². The van der Waals surface area contributed by atoms with E-state index in [-0.39, 0.29) is 5.78 Å². The van der Waals surface area contributed by atoms with Gasteiger partial charge in [0.15, 0.2) is 0 Å². The number of carbonyl (C=O) groups is 1. The molecule has 0 aliphatic carbocycles. The third-order valence-electron chi connectivity index (χ3n) is 1.49. The van der Waals surface area contributed by atoms with Gasteiger partial charge < -0.3 is 9.53 Å². The van der Waals surface area contributed by atoms with Crippen LogP contribution in [0.4, 0.5) is 0 Å². The lowest BCUT2D eigenvalue weighted by atomic mass is 10.2. The lowest BCUT2D eigenvalue weighted by Gasteiger charge is -1.97. The summed E-state index contributed by atoms with van der Waals surface area (Å²) >= 11 is 0. The van der Waals surface area contributed by atoms with Crippen LogP contribution in [-0.4, -0.2) is 12.9 Å². The third kappa shape index (κ3) is 7.10. The van der Waals surface area contributed by atoms with Gasteiger partial charge in [-0.3, -0.25) is 0 Å². The van der Waals surface area contributed by atoms with Crippen LogP contribution in [0.2, 0.25) is 0 Å². The second kappa shape index (κ2) is 5.96. The minimum absolute atomic E-state index is 0.258. The highest BCUT2D eigenvalue weighted by Crippen LogP contribution is 2.01. The first-order valence-electron chi connectivity index (χ1n) is 3.87. The molecule has 0 spiro atoms. The van der Waals surface area contributed by atoms with Crippen LogP contribution >= 0.6 is 0 Å². The highest BCUT2D eigenvalue weighted by molar-refractivity contribution is 5.75. The maximum Gasteiger partial charge on any atom is 0.129 e. The summed E-state index contributed by atoms with van der Waals surface area (Å²) in [6, 6.07) is 0. The molecule has 0 radical (unpaired) electrons. The number of ketones is 1. The molecular formula is C9H16O2. The molecule has 0 bridgehead atoms. The Labute approximate surface area is 68.2 Å². The molecule has 2 nitrogen and oxygen atoms in total. The fourth-order valence-corrected chi connectivity index (χ4v) is 0.740. The summed E-state index contributed by atoms with van der Waals surface area (Å²) in [5.41, 5.74) is 0. The van der Waals surface area contributed by atoms with Crippen LogP contribution in [0.1, 0.15) is 33.1 Å². The van der Waals surface area contributed by atoms with Gasteiger partial charge in [-0.25, -0.2) is 0 Å². The number of ether oxygens (including phenoxy) is 1. The van der Waals surface area contributed by atoms with Crippen LogP contribution in [0.3, 0.4) is 0 Å². The molecule has 0 aromatic rings. The molecule has 0 aromatic heterocycles. The van der Waals surface area contributed by atoms with E-state index in [0.717, 1.165) is 18.6 Å². The molecule has 0 rings (SSSR count). The predicted molar refractivity (Wildman–Crippen MR) is 45.3 cm³/mol. The smallest absolute Gasteiger partial charge is 0.129 e. The van der Waals surface area contributed by atoms with E-state index in [1.165, 1.54) is 0 Å². The topological polar surface area (TPSA) is 26.3 Å². The van der Waals surface area contributed by atoms with E-state index in [1.807, 2.05) is 13.0 Å². The summed E-state index contributed by atoms with van der Waals surface area (Å²) in [6.07, 6.45) is 4.53. The van der Waals surface area contributed by atoms with Gasteiger partial charge in [0.1, 0.15) is 5.78 Å². The average molecular weight is 156 g/mol. The van der Waals surface area contributed by atoms with Gasteiger partial charge in [-0.2, -0.15) is 0 Å². The Balaban J connectivity index is 3.33. The predicted octanol–water partition coefficient (Wildman–Crippen LogP) is 2.30. The van der Waals surface area contributed by atoms with Gasteiger partial charge in [0.05, 0.1) is 12.9 Å². The van der Waals surface area contributed by atoms with Gasteiger partial charge in [-0.1, -0.05) is 0 Å². The summed E-state index contributed by atoms with van der Waals surface area (Å²) < 4.78 is 4.93. The molecule has 0 aromatic carbocycles. The normalized spacial score (nSPS) is 11.4. The minimum atomic E-state index is 0.258. The van der Waals surface area contributed by atoms with E-state index in [9.17, 15) is 4.79 Å². The fourth-order valence-electron chi connectivity index (χ4n) is 0.740. The maximum atomic E-state index is 10.5. The van der Waals surface area contributed by atoms with E-state index in [2.05, 4.69) is 0 Å². The zero-order chi connectivity index (χ0) is 8.69. The van der Waals surface area contributed by atoms with E-state index < -0.39 is 0 Å². The van der Waals surface area contributed by atoms with Crippen molar-refractivity contribution >= 4 is 5.78 Å². The van der Waals surface area contributed by atoms with Crippen LogP contribution in [-0.2, 0) is 9.53 Å². The van der Waals surface area contributed by atoms with E-state index in [4.69, 9.17) is 4.74 Å². The number of unbranched alkanes of at least 4 members (excludes halogenated alkanes) is 1. The van der Waals surface area contributed by atoms with Crippen molar-refractivity contribution in [2.75, 3.05) is 7.11 Å². The van der Waals surface area contributed by atoms with Gasteiger partial charge in [0.25, 0.3) is 0 Å². The molecule has 0 saturated carbocycles. The molecule has 0 amide bonds. The van der Waals surface area contributed by atoms with E-state index >= 15 is 0 Å². The second-order valence-electron chi connectivity index (χ2n) is 2.61. The van der Waals surface area contributed by atoms with Crippen molar-refractivity contribution < 1.29 is 9.53 Å². The van der Waals surface area contributed by atoms with E-state index in [1.54, 1.807) is 14.0 Å². The molecule has 0 heterocycles. The lowest BCUT2D eigenvalue weighted by molar-refractivity contribution is -0.117. The third-order valence-corrected chi connectivity index (χ3v) is 1.49. The van der Waals surface area contributed by atoms with Gasteiger partial charge >= 0.3 is 0 Å². The van der Waals surface area contributed by atoms with Crippen molar-refractivity contribution in [1.82, 2.24) is 0 Å². The minimum Gasteiger partial charge on any atom is -0.502 e. The molecule has 0 unspecified atom stereocenters. The number of allylic oxidation sites excluding steroid dienone is 2. The molecule has 11 heavy (non-hydrogen) atoms. The Kier molecular flexibility index (Phi) is 5.53. The zero-order valence-corrected chi connectivity index (χ0v) is 7.52. The van der Waals surface area contributed by atoms with Gasteiger partial charge in [0.2, 0.25) is 0 Å². The summed E-state index contributed by atoms with van der Waals surface area (Å²) in [6.45, 7) is 3.53. The number of rotatable bonds is 5. The largest absolute Gasteiger partial charge is 0.502 e. The van der Waals surface area contributed by atoms with E-state index in [0.29, 0.717) is 6.42 Å². The molecule has 0 fully saturated rings. The van der Waals surface area contributed by atoms with Crippen molar-refractivity contribution in [3.05, 3.63) is 11.8 Å². The molecule has 0 saturated heterocycles. The molecular weight excluding hydrogens is 140 g/mol. The van der Waals surface area contributed by atoms with Crippen LogP contribution in [0, 0.1) is 0 Å². The average Bonchev–Trinajstić information content (AvgIpc) is 1.97. The first-order valence-corrected chi connectivity index (χ1v) is 3.87. The van der Waals surface area contributed by atoms with Crippen LogP contribution < -0.4 is 0 Å². The van der Waals surface area contributed by atoms with Crippen molar-refractivity contribution in [3.63, 3.8) is 0 Å². The number of hydrogen-bond acceptors (Lipinski definition) is 2. The van der Waals surface area contributed by atoms with Crippen molar-refractivity contribution in [3.8, 4) is 0 Å². The monoisotopic (exact) mass is 156 g/mol. The quantitative estimate of drug-likeness (QED) is 0.451. The first-order chi connectivity index (χ1) is 5.16. The molecule has 2 heteroatoms. The number of carbonyl (C=O) groups excluding carboxylic acids is 1. The fraction of sp³-hybridized carbons (Fsp3) is 0.667. The summed E-state index contributed by atoms with van der Waals surface area (Å²) in [7, 11) is 1.65. The number of Topliss-reactive ketones (excluding diaryl/α,β-unsaturated/α-hetero) is 1. The molecule has 0 atom stereocenters. The first kappa shape index (κ1) is 10.2. The maximum absolute atomic E-state index is 10.5. The summed E-state index contributed by atoms with van der Waals surface area (Å²) in [5, 5.41) is 0. The van der Waals surface area contributed by atoms with Crippen LogP contribution in [0.5, 0.6) is 0 Å². The summed E-state index contributed by atoms with van der Waals surface area (Å²) in [4.78, 5) is 10.5. The molecule has 0 aliphatic rings. The van der Waals surface area contributed by atoms with Gasteiger partial charge in [0, 0.05) is 6.42 Å². The van der Waals surface area contributed by atoms with Gasteiger partial charge in [-0.15, -0.1) is 0 Å². The molecule has 0 N–H and O–H groups in total. The Morgan fingerprint density at radius 1 is 1.45 bits per heavy atom. The standard InChI is InChI=1S/C9H16O2/c1-8(10)6-4-5-7-9(2)11-3/h7H,4-6H2,1-3H3/b9-7+. The zero-order valence-electron chi connectivity index (χ0n) is 7.52. The second-order valence-corrected chi connectivity index (χ2v) is 2.61. The molecule has 0 aliphatic heterocycles. The number of methoxy groups -OCH3 is 1. The summed E-state index contributed by atoms with van der Waals surface area (Å²) in [5.74, 6) is 1.18. The van der Waals surface area contributed by atoms with Gasteiger partial charge in [-0.05, 0) is 32.8 Å². The SMILES string of the molecule is CO/C(C)=C/CCCC(C)=O. The Bertz CT molecular complexity index is 148. The van der Waals surface area contributed by atoms with Crippen molar-refractivity contribution in [1.29, 1.82) is 0 Å².